The number of aromatic amines is 1. The van der Waals surface area contributed by atoms with Gasteiger partial charge >= 0.3 is 0 Å². The van der Waals surface area contributed by atoms with E-state index in [0.717, 1.165) is 99.0 Å². The Kier molecular flexibility index (Phi) is 8.33. The molecule has 2 saturated heterocycles. The van der Waals surface area contributed by atoms with Crippen LogP contribution in [0, 0.1) is 16.7 Å². The first-order chi connectivity index (χ1) is 18.2. The average molecular weight is 500 g/mol. The maximum Gasteiger partial charge on any atom is 0.137 e. The summed E-state index contributed by atoms with van der Waals surface area (Å²) in [5.41, 5.74) is 5.38. The highest BCUT2D eigenvalue weighted by Gasteiger charge is 2.16. The molecule has 5 rings (SSSR count). The van der Waals surface area contributed by atoms with Crippen LogP contribution in [-0.4, -0.2) is 97.9 Å². The zero-order valence-electron chi connectivity index (χ0n) is 21.0. The Morgan fingerprint density at radius 3 is 2.59 bits per heavy atom. The Bertz CT molecular complexity index is 1280. The minimum absolute atomic E-state index is 0.241. The first-order valence-corrected chi connectivity index (χ1v) is 12.9. The summed E-state index contributed by atoms with van der Waals surface area (Å²) in [5, 5.41) is 18.8. The Morgan fingerprint density at radius 1 is 1.11 bits per heavy atom. The molecule has 2 aliphatic heterocycles. The number of nitriles is 1. The molecule has 1 unspecified atom stereocenters. The second-order valence-electron chi connectivity index (χ2n) is 9.44. The SMILES string of the molecule is N#Cc1cc(-c2c[nH]c3ncc(C(C=N)C=NCCN4CCOCC4)cc23)ccc1CN1CCOCC1. The van der Waals surface area contributed by atoms with Crippen molar-refractivity contribution in [3.63, 3.8) is 0 Å². The van der Waals surface area contributed by atoms with Crippen molar-refractivity contribution in [2.45, 2.75) is 12.5 Å². The number of aromatic nitrogens is 2. The van der Waals surface area contributed by atoms with Crippen LogP contribution in [0.5, 0.6) is 0 Å². The molecule has 2 N–H and O–H groups in total. The molecule has 0 aliphatic carbocycles. The van der Waals surface area contributed by atoms with Crippen LogP contribution in [0.1, 0.15) is 22.6 Å². The van der Waals surface area contributed by atoms with Gasteiger partial charge in [-0.25, -0.2) is 4.98 Å². The lowest BCUT2D eigenvalue weighted by molar-refractivity contribution is 0.0341. The summed E-state index contributed by atoms with van der Waals surface area (Å²) in [6, 6.07) is 10.6. The minimum Gasteiger partial charge on any atom is -0.379 e. The molecule has 0 saturated carbocycles. The van der Waals surface area contributed by atoms with Gasteiger partial charge in [-0.2, -0.15) is 5.26 Å². The van der Waals surface area contributed by atoms with E-state index in [-0.39, 0.29) is 5.92 Å². The van der Waals surface area contributed by atoms with E-state index in [1.807, 2.05) is 18.5 Å². The normalized spacial score (nSPS) is 18.2. The lowest BCUT2D eigenvalue weighted by Crippen LogP contribution is -2.37. The molecule has 4 heterocycles. The number of H-pyrrole nitrogens is 1. The maximum absolute atomic E-state index is 9.86. The standard InChI is InChI=1S/C28H33N7O2/c29-15-23-13-21(1-2-22(23)20-35-7-11-37-12-8-35)27-19-33-28-26(27)14-24(18-32-28)25(16-30)17-31-3-4-34-5-9-36-10-6-34/h1-2,13-14,16-19,25,30H,3-12,20H2,(H,32,33). The van der Waals surface area contributed by atoms with Crippen LogP contribution in [0.4, 0.5) is 0 Å². The number of pyridine rings is 1. The number of hydrogen-bond donors (Lipinski definition) is 2. The summed E-state index contributed by atoms with van der Waals surface area (Å²) in [7, 11) is 0. The van der Waals surface area contributed by atoms with Crippen molar-refractivity contribution in [1.82, 2.24) is 19.8 Å². The molecule has 2 aliphatic rings. The number of hydrogen-bond acceptors (Lipinski definition) is 8. The molecule has 0 radical (unpaired) electrons. The van der Waals surface area contributed by atoms with Gasteiger partial charge in [0.25, 0.3) is 0 Å². The van der Waals surface area contributed by atoms with E-state index < -0.39 is 0 Å². The molecule has 9 nitrogen and oxygen atoms in total. The highest BCUT2D eigenvalue weighted by atomic mass is 16.5. The molecule has 3 aromatic rings. The summed E-state index contributed by atoms with van der Waals surface area (Å²) in [4.78, 5) is 17.1. The Morgan fingerprint density at radius 2 is 1.86 bits per heavy atom. The van der Waals surface area contributed by atoms with E-state index in [9.17, 15) is 5.26 Å². The van der Waals surface area contributed by atoms with Crippen LogP contribution in [-0.2, 0) is 16.0 Å². The highest BCUT2D eigenvalue weighted by molar-refractivity contribution is 5.96. The third-order valence-electron chi connectivity index (χ3n) is 7.07. The summed E-state index contributed by atoms with van der Waals surface area (Å²) in [6.45, 7) is 9.04. The van der Waals surface area contributed by atoms with Crippen molar-refractivity contribution in [2.24, 2.45) is 4.99 Å². The number of nitrogens with one attached hydrogen (secondary N) is 2. The molecule has 9 heteroatoms. The molecular weight excluding hydrogens is 466 g/mol. The van der Waals surface area contributed by atoms with Gasteiger partial charge in [-0.05, 0) is 28.8 Å². The molecular formula is C28H33N7O2. The lowest BCUT2D eigenvalue weighted by Gasteiger charge is -2.27. The second kappa shape index (κ2) is 12.2. The van der Waals surface area contributed by atoms with Gasteiger partial charge in [-0.15, -0.1) is 0 Å². The van der Waals surface area contributed by atoms with Gasteiger partial charge in [0.15, 0.2) is 0 Å². The molecule has 1 aromatic carbocycles. The van der Waals surface area contributed by atoms with E-state index in [0.29, 0.717) is 12.1 Å². The Hall–Kier alpha value is -3.42. The van der Waals surface area contributed by atoms with Crippen molar-refractivity contribution in [3.05, 3.63) is 53.3 Å². The quantitative estimate of drug-likeness (QED) is 0.438. The van der Waals surface area contributed by atoms with Gasteiger partial charge in [0, 0.05) is 75.0 Å². The van der Waals surface area contributed by atoms with Crippen molar-refractivity contribution in [1.29, 1.82) is 10.7 Å². The number of rotatable bonds is 9. The molecule has 1 atom stereocenters. The van der Waals surface area contributed by atoms with Crippen LogP contribution in [0.15, 0.2) is 41.7 Å². The number of benzene rings is 1. The van der Waals surface area contributed by atoms with E-state index in [1.54, 1.807) is 6.20 Å². The number of morpholine rings is 2. The summed E-state index contributed by atoms with van der Waals surface area (Å²) < 4.78 is 10.8. The average Bonchev–Trinajstić information content (AvgIpc) is 3.38. The number of ether oxygens (including phenoxy) is 2. The van der Waals surface area contributed by atoms with Crippen LogP contribution in [0.3, 0.4) is 0 Å². The van der Waals surface area contributed by atoms with Gasteiger partial charge in [0.1, 0.15) is 5.65 Å². The molecule has 0 bridgehead atoms. The van der Waals surface area contributed by atoms with Crippen LogP contribution < -0.4 is 0 Å². The predicted molar refractivity (Wildman–Crippen MR) is 144 cm³/mol. The van der Waals surface area contributed by atoms with Crippen molar-refractivity contribution < 1.29 is 9.47 Å². The Labute approximate surface area is 217 Å². The topological polar surface area (TPSA) is 114 Å². The lowest BCUT2D eigenvalue weighted by atomic mass is 9.97. The third-order valence-corrected chi connectivity index (χ3v) is 7.07. The number of aliphatic imine (C=N–C) groups is 1. The zero-order chi connectivity index (χ0) is 25.5. The molecule has 2 aromatic heterocycles. The van der Waals surface area contributed by atoms with Crippen LogP contribution in [0.25, 0.3) is 22.2 Å². The molecule has 0 amide bonds. The highest BCUT2D eigenvalue weighted by Crippen LogP contribution is 2.31. The van der Waals surface area contributed by atoms with E-state index in [4.69, 9.17) is 14.9 Å². The monoisotopic (exact) mass is 499 g/mol. The predicted octanol–water partition coefficient (Wildman–Crippen LogP) is 3.07. The largest absolute Gasteiger partial charge is 0.379 e. The van der Waals surface area contributed by atoms with Gasteiger partial charge in [-0.3, -0.25) is 14.8 Å². The number of fused-ring (bicyclic) bond motifs is 1. The molecule has 192 valence electrons. The van der Waals surface area contributed by atoms with Crippen molar-refractivity contribution in [3.8, 4) is 17.2 Å². The van der Waals surface area contributed by atoms with E-state index >= 15 is 0 Å². The minimum atomic E-state index is -0.241. The summed E-state index contributed by atoms with van der Waals surface area (Å²) in [5.74, 6) is -0.241. The summed E-state index contributed by atoms with van der Waals surface area (Å²) >= 11 is 0. The first-order valence-electron chi connectivity index (χ1n) is 12.9. The molecule has 0 spiro atoms. The summed E-state index contributed by atoms with van der Waals surface area (Å²) in [6.07, 6.45) is 6.99. The van der Waals surface area contributed by atoms with E-state index in [1.165, 1.54) is 6.21 Å². The Balaban J connectivity index is 1.33. The fourth-order valence-corrected chi connectivity index (χ4v) is 4.86. The van der Waals surface area contributed by atoms with Crippen LogP contribution >= 0.6 is 0 Å². The molecule has 2 fully saturated rings. The fourth-order valence-electron chi connectivity index (χ4n) is 4.86. The van der Waals surface area contributed by atoms with Gasteiger partial charge < -0.3 is 19.9 Å². The smallest absolute Gasteiger partial charge is 0.137 e. The second-order valence-corrected chi connectivity index (χ2v) is 9.44. The van der Waals surface area contributed by atoms with Crippen molar-refractivity contribution >= 4 is 23.5 Å². The third kappa shape index (κ3) is 6.12. The maximum atomic E-state index is 9.86. The first kappa shape index (κ1) is 25.2. The fraction of sp³-hybridized carbons (Fsp3) is 0.429. The van der Waals surface area contributed by atoms with Gasteiger partial charge in [0.05, 0.1) is 50.5 Å². The van der Waals surface area contributed by atoms with Crippen LogP contribution in [0.2, 0.25) is 0 Å². The number of nitrogens with zero attached hydrogens (tertiary/aromatic N) is 5. The zero-order valence-corrected chi connectivity index (χ0v) is 21.0. The van der Waals surface area contributed by atoms with E-state index in [2.05, 4.69) is 49.0 Å². The van der Waals surface area contributed by atoms with Crippen molar-refractivity contribution in [2.75, 3.05) is 65.7 Å². The van der Waals surface area contributed by atoms with Gasteiger partial charge in [-0.1, -0.05) is 12.1 Å². The molecule has 37 heavy (non-hydrogen) atoms. The van der Waals surface area contributed by atoms with Gasteiger partial charge in [0.2, 0.25) is 0 Å².